The van der Waals surface area contributed by atoms with Gasteiger partial charge < -0.3 is 9.88 Å². The lowest BCUT2D eigenvalue weighted by atomic mass is 9.88. The Morgan fingerprint density at radius 3 is 2.87 bits per heavy atom. The van der Waals surface area contributed by atoms with Gasteiger partial charge in [-0.2, -0.15) is 0 Å². The van der Waals surface area contributed by atoms with E-state index in [1.54, 1.807) is 6.20 Å². The quantitative estimate of drug-likeness (QED) is 0.942. The van der Waals surface area contributed by atoms with Crippen LogP contribution in [0.1, 0.15) is 37.1 Å². The van der Waals surface area contributed by atoms with Crippen LogP contribution < -0.4 is 5.32 Å². The predicted molar refractivity (Wildman–Crippen MR) is 89.1 cm³/mol. The monoisotopic (exact) mass is 309 g/mol. The van der Waals surface area contributed by atoms with E-state index in [0.29, 0.717) is 12.5 Å². The minimum atomic E-state index is 0.245. The molecule has 0 saturated heterocycles. The van der Waals surface area contributed by atoms with E-state index in [2.05, 4.69) is 27.0 Å². The largest absolute Gasteiger partial charge is 0.352 e. The molecule has 2 saturated carbocycles. The molecule has 2 fully saturated rings. The molecular formula is C19H23N3O. The van der Waals surface area contributed by atoms with Crippen LogP contribution in [-0.2, 0) is 11.3 Å². The number of fused-ring (bicyclic) bond motifs is 2. The van der Waals surface area contributed by atoms with Gasteiger partial charge in [0.15, 0.2) is 0 Å². The molecule has 23 heavy (non-hydrogen) atoms. The summed E-state index contributed by atoms with van der Waals surface area (Å²) in [5.74, 6) is 2.88. The van der Waals surface area contributed by atoms with Crippen LogP contribution in [0.2, 0.25) is 0 Å². The Balaban J connectivity index is 1.47. The van der Waals surface area contributed by atoms with E-state index in [1.807, 2.05) is 25.3 Å². The second kappa shape index (κ2) is 5.84. The Kier molecular flexibility index (Phi) is 3.68. The molecule has 4 rings (SSSR count). The van der Waals surface area contributed by atoms with Crippen molar-refractivity contribution >= 4 is 5.91 Å². The van der Waals surface area contributed by atoms with Crippen molar-refractivity contribution in [3.05, 3.63) is 48.0 Å². The number of nitrogens with zero attached hydrogens (tertiary/aromatic N) is 2. The normalized spacial score (nSPS) is 25.7. The third-order valence-corrected chi connectivity index (χ3v) is 5.60. The lowest BCUT2D eigenvalue weighted by Crippen LogP contribution is -2.33. The van der Waals surface area contributed by atoms with Gasteiger partial charge in [0.05, 0.1) is 5.69 Å². The average Bonchev–Trinajstić information content (AvgIpc) is 3.29. The Labute approximate surface area is 136 Å². The summed E-state index contributed by atoms with van der Waals surface area (Å²) in [4.78, 5) is 16.8. The summed E-state index contributed by atoms with van der Waals surface area (Å²) in [5, 5.41) is 3.17. The number of carbonyl (C=O) groups excluding carboxylic acids is 1. The van der Waals surface area contributed by atoms with Crippen LogP contribution in [0.15, 0.2) is 36.7 Å². The first-order valence-corrected chi connectivity index (χ1v) is 8.58. The Morgan fingerprint density at radius 2 is 2.17 bits per heavy atom. The Bertz CT molecular complexity index is 721. The smallest absolute Gasteiger partial charge is 0.223 e. The van der Waals surface area contributed by atoms with Gasteiger partial charge in [0.1, 0.15) is 5.82 Å². The first-order chi connectivity index (χ1) is 11.2. The highest BCUT2D eigenvalue weighted by atomic mass is 16.1. The number of nitrogens with one attached hydrogen (secondary N) is 1. The van der Waals surface area contributed by atoms with Crippen LogP contribution in [-0.4, -0.2) is 15.5 Å². The number of rotatable bonds is 4. The molecule has 2 aromatic rings. The van der Waals surface area contributed by atoms with Crippen LogP contribution in [0.4, 0.5) is 0 Å². The zero-order chi connectivity index (χ0) is 15.8. The predicted octanol–water partition coefficient (Wildman–Crippen LogP) is 3.23. The molecule has 2 aliphatic rings. The molecule has 120 valence electrons. The van der Waals surface area contributed by atoms with Gasteiger partial charge in [0, 0.05) is 24.9 Å². The van der Waals surface area contributed by atoms with E-state index in [-0.39, 0.29) is 11.8 Å². The zero-order valence-corrected chi connectivity index (χ0v) is 13.5. The van der Waals surface area contributed by atoms with Crippen molar-refractivity contribution in [1.82, 2.24) is 14.9 Å². The molecular weight excluding hydrogens is 286 g/mol. The molecule has 1 amide bonds. The van der Waals surface area contributed by atoms with Gasteiger partial charge in [-0.05, 0) is 49.7 Å². The lowest BCUT2D eigenvalue weighted by Gasteiger charge is -2.21. The lowest BCUT2D eigenvalue weighted by molar-refractivity contribution is -0.126. The van der Waals surface area contributed by atoms with Crippen LogP contribution in [0, 0.1) is 24.7 Å². The van der Waals surface area contributed by atoms with Crippen LogP contribution in [0.5, 0.6) is 0 Å². The fourth-order valence-corrected chi connectivity index (χ4v) is 4.41. The summed E-state index contributed by atoms with van der Waals surface area (Å²) in [6.45, 7) is 2.57. The van der Waals surface area contributed by atoms with Crippen molar-refractivity contribution in [3.63, 3.8) is 0 Å². The van der Waals surface area contributed by atoms with E-state index in [1.165, 1.54) is 19.3 Å². The van der Waals surface area contributed by atoms with E-state index >= 15 is 0 Å². The number of hydrogen-bond acceptors (Lipinski definition) is 2. The van der Waals surface area contributed by atoms with Crippen LogP contribution in [0.25, 0.3) is 5.69 Å². The van der Waals surface area contributed by atoms with Gasteiger partial charge >= 0.3 is 0 Å². The highest BCUT2D eigenvalue weighted by molar-refractivity contribution is 5.79. The van der Waals surface area contributed by atoms with Crippen LogP contribution in [0.3, 0.4) is 0 Å². The van der Waals surface area contributed by atoms with Gasteiger partial charge in [-0.3, -0.25) is 4.79 Å². The summed E-state index contributed by atoms with van der Waals surface area (Å²) < 4.78 is 2.07. The number of hydrogen-bond donors (Lipinski definition) is 1. The molecule has 1 aromatic carbocycles. The molecule has 0 spiro atoms. The Hall–Kier alpha value is -2.10. The third-order valence-electron chi connectivity index (χ3n) is 5.60. The number of benzene rings is 1. The summed E-state index contributed by atoms with van der Waals surface area (Å²) in [7, 11) is 0. The SMILES string of the molecule is Cc1nccn1-c1ccccc1CNC(=O)C1CC2CCC1C2. The molecule has 1 N–H and O–H groups in total. The topological polar surface area (TPSA) is 46.9 Å². The maximum Gasteiger partial charge on any atom is 0.223 e. The number of carbonyl (C=O) groups is 1. The van der Waals surface area contributed by atoms with Crippen molar-refractivity contribution in [2.75, 3.05) is 0 Å². The van der Waals surface area contributed by atoms with Gasteiger partial charge in [0.2, 0.25) is 5.91 Å². The van der Waals surface area contributed by atoms with Gasteiger partial charge in [-0.15, -0.1) is 0 Å². The molecule has 0 aliphatic heterocycles. The summed E-state index contributed by atoms with van der Waals surface area (Å²) in [6.07, 6.45) is 8.71. The highest BCUT2D eigenvalue weighted by Gasteiger charge is 2.42. The average molecular weight is 309 g/mol. The van der Waals surface area contributed by atoms with Crippen molar-refractivity contribution in [2.24, 2.45) is 17.8 Å². The minimum absolute atomic E-state index is 0.245. The molecule has 4 nitrogen and oxygen atoms in total. The van der Waals surface area contributed by atoms with Gasteiger partial charge in [-0.25, -0.2) is 4.98 Å². The summed E-state index contributed by atoms with van der Waals surface area (Å²) >= 11 is 0. The second-order valence-corrected chi connectivity index (χ2v) is 6.97. The van der Waals surface area contributed by atoms with Crippen molar-refractivity contribution in [2.45, 2.75) is 39.2 Å². The van der Waals surface area contributed by atoms with Gasteiger partial charge in [0.25, 0.3) is 0 Å². The Morgan fingerprint density at radius 1 is 1.30 bits per heavy atom. The fourth-order valence-electron chi connectivity index (χ4n) is 4.41. The molecule has 2 bridgehead atoms. The first-order valence-electron chi connectivity index (χ1n) is 8.58. The molecule has 0 radical (unpaired) electrons. The van der Waals surface area contributed by atoms with E-state index in [9.17, 15) is 4.79 Å². The second-order valence-electron chi connectivity index (χ2n) is 6.97. The molecule has 2 aliphatic carbocycles. The maximum atomic E-state index is 12.5. The highest BCUT2D eigenvalue weighted by Crippen LogP contribution is 2.48. The third kappa shape index (κ3) is 2.67. The van der Waals surface area contributed by atoms with Crippen molar-refractivity contribution in [3.8, 4) is 5.69 Å². The minimum Gasteiger partial charge on any atom is -0.352 e. The maximum absolute atomic E-state index is 12.5. The summed E-state index contributed by atoms with van der Waals surface area (Å²) in [5.41, 5.74) is 2.22. The van der Waals surface area contributed by atoms with Crippen LogP contribution >= 0.6 is 0 Å². The standard InChI is InChI=1S/C19H23N3O/c1-13-20-8-9-22(13)18-5-3-2-4-16(18)12-21-19(23)17-11-14-6-7-15(17)10-14/h2-5,8-9,14-15,17H,6-7,10-12H2,1H3,(H,21,23). The number of aryl methyl sites for hydroxylation is 1. The number of amides is 1. The van der Waals surface area contributed by atoms with E-state index in [4.69, 9.17) is 0 Å². The van der Waals surface area contributed by atoms with Crippen molar-refractivity contribution < 1.29 is 4.79 Å². The van der Waals surface area contributed by atoms with Crippen molar-refractivity contribution in [1.29, 1.82) is 0 Å². The van der Waals surface area contributed by atoms with E-state index in [0.717, 1.165) is 29.4 Å². The molecule has 3 atom stereocenters. The van der Waals surface area contributed by atoms with Gasteiger partial charge in [-0.1, -0.05) is 24.6 Å². The zero-order valence-electron chi connectivity index (χ0n) is 13.5. The number of para-hydroxylation sites is 1. The number of imidazole rings is 1. The van der Waals surface area contributed by atoms with E-state index < -0.39 is 0 Å². The fraction of sp³-hybridized carbons (Fsp3) is 0.474. The summed E-state index contributed by atoms with van der Waals surface area (Å²) in [6, 6.07) is 8.20. The molecule has 4 heteroatoms. The molecule has 1 aromatic heterocycles. The molecule has 1 heterocycles. The number of aromatic nitrogens is 2. The first kappa shape index (κ1) is 14.5. The molecule has 3 unspecified atom stereocenters.